The van der Waals surface area contributed by atoms with Crippen LogP contribution in [0.25, 0.3) is 0 Å². The summed E-state index contributed by atoms with van der Waals surface area (Å²) < 4.78 is 40.3. The first-order chi connectivity index (χ1) is 14.7. The predicted molar refractivity (Wildman–Crippen MR) is 115 cm³/mol. The Labute approximate surface area is 184 Å². The second-order valence-corrected chi connectivity index (χ2v) is 10.7. The summed E-state index contributed by atoms with van der Waals surface area (Å²) in [5, 5.41) is 2.95. The molecule has 1 saturated carbocycles. The third-order valence-electron chi connectivity index (χ3n) is 6.19. The Morgan fingerprint density at radius 2 is 1.71 bits per heavy atom. The number of hydrogen-bond acceptors (Lipinski definition) is 4. The number of carbonyl (C=O) groups is 2. The summed E-state index contributed by atoms with van der Waals surface area (Å²) in [5.41, 5.74) is 0. The van der Waals surface area contributed by atoms with Gasteiger partial charge in [0.15, 0.2) is 0 Å². The lowest BCUT2D eigenvalue weighted by Gasteiger charge is -2.37. The Balaban J connectivity index is 1.61. The molecule has 1 aliphatic heterocycles. The van der Waals surface area contributed by atoms with Gasteiger partial charge in [-0.2, -0.15) is 4.31 Å². The molecule has 2 aliphatic rings. The van der Waals surface area contributed by atoms with Gasteiger partial charge >= 0.3 is 0 Å². The number of nitrogens with zero attached hydrogens (tertiary/aromatic N) is 2. The minimum absolute atomic E-state index is 0.0314. The Hall–Kier alpha value is -2.00. The average molecular weight is 454 g/mol. The van der Waals surface area contributed by atoms with Crippen LogP contribution in [0.5, 0.6) is 0 Å². The number of nitrogens with one attached hydrogen (secondary N) is 1. The molecule has 1 saturated heterocycles. The number of sulfonamides is 1. The second-order valence-electron chi connectivity index (χ2n) is 8.75. The normalized spacial score (nSPS) is 19.9. The number of amides is 2. The molecule has 1 aromatic carbocycles. The fraction of sp³-hybridized carbons (Fsp3) is 0.636. The van der Waals surface area contributed by atoms with Crippen LogP contribution in [0.1, 0.15) is 46.0 Å². The van der Waals surface area contributed by atoms with E-state index in [0.717, 1.165) is 38.2 Å². The summed E-state index contributed by atoms with van der Waals surface area (Å²) in [6.45, 7) is 4.52. The molecule has 7 nitrogen and oxygen atoms in total. The van der Waals surface area contributed by atoms with E-state index in [-0.39, 0.29) is 54.7 Å². The van der Waals surface area contributed by atoms with Crippen molar-refractivity contribution in [3.05, 3.63) is 30.1 Å². The minimum atomic E-state index is -3.82. The van der Waals surface area contributed by atoms with E-state index in [4.69, 9.17) is 0 Å². The van der Waals surface area contributed by atoms with Crippen LogP contribution >= 0.6 is 0 Å². The number of halogens is 1. The molecule has 1 heterocycles. The highest BCUT2D eigenvalue weighted by atomic mass is 32.2. The van der Waals surface area contributed by atoms with Gasteiger partial charge in [0, 0.05) is 32.1 Å². The maximum atomic E-state index is 13.5. The molecule has 0 aromatic heterocycles. The lowest BCUT2D eigenvalue weighted by molar-refractivity contribution is -0.139. The van der Waals surface area contributed by atoms with Crippen molar-refractivity contribution in [2.24, 2.45) is 11.8 Å². The number of piperazine rings is 1. The lowest BCUT2D eigenvalue weighted by Crippen LogP contribution is -2.57. The number of benzene rings is 1. The van der Waals surface area contributed by atoms with Crippen molar-refractivity contribution in [2.45, 2.75) is 56.9 Å². The molecule has 1 unspecified atom stereocenters. The zero-order chi connectivity index (χ0) is 22.6. The molecule has 9 heteroatoms. The topological polar surface area (TPSA) is 86.8 Å². The van der Waals surface area contributed by atoms with Crippen LogP contribution in [0.4, 0.5) is 4.39 Å². The van der Waals surface area contributed by atoms with E-state index in [1.807, 2.05) is 13.8 Å². The van der Waals surface area contributed by atoms with Crippen molar-refractivity contribution in [3.63, 3.8) is 0 Å². The van der Waals surface area contributed by atoms with Crippen LogP contribution in [-0.4, -0.2) is 61.7 Å². The van der Waals surface area contributed by atoms with Gasteiger partial charge in [-0.15, -0.1) is 0 Å². The van der Waals surface area contributed by atoms with Gasteiger partial charge in [-0.3, -0.25) is 9.59 Å². The maximum Gasteiger partial charge on any atom is 0.245 e. The highest BCUT2D eigenvalue weighted by Crippen LogP contribution is 2.24. The fourth-order valence-electron chi connectivity index (χ4n) is 4.27. The first-order valence-corrected chi connectivity index (χ1v) is 12.5. The van der Waals surface area contributed by atoms with E-state index in [2.05, 4.69) is 5.32 Å². The first kappa shape index (κ1) is 23.7. The quantitative estimate of drug-likeness (QED) is 0.717. The molecule has 0 radical (unpaired) electrons. The molecule has 3 rings (SSSR count). The van der Waals surface area contributed by atoms with Gasteiger partial charge in [-0.1, -0.05) is 39.2 Å². The number of rotatable bonds is 6. The van der Waals surface area contributed by atoms with E-state index in [1.165, 1.54) is 22.5 Å². The molecule has 31 heavy (non-hydrogen) atoms. The van der Waals surface area contributed by atoms with Crippen LogP contribution in [0.3, 0.4) is 0 Å². The van der Waals surface area contributed by atoms with Crippen LogP contribution in [0.2, 0.25) is 0 Å². The summed E-state index contributed by atoms with van der Waals surface area (Å²) in [6.07, 6.45) is 4.96. The SMILES string of the molecule is CC(C)C(NC(=O)C1CCCCC1)C(=O)N1CCN(S(=O)(=O)c2cccc(F)c2)CC1. The molecule has 2 amide bonds. The molecule has 2 fully saturated rings. The fourth-order valence-corrected chi connectivity index (χ4v) is 5.73. The molecular formula is C22H32FN3O4S. The van der Waals surface area contributed by atoms with E-state index < -0.39 is 21.9 Å². The average Bonchev–Trinajstić information content (AvgIpc) is 2.77. The summed E-state index contributed by atoms with van der Waals surface area (Å²) in [5.74, 6) is -0.949. The van der Waals surface area contributed by atoms with Gasteiger partial charge in [0.25, 0.3) is 0 Å². The standard InChI is InChI=1S/C22H32FN3O4S/c1-16(2)20(24-21(27)17-7-4-3-5-8-17)22(28)25-11-13-26(14-12-25)31(29,30)19-10-6-9-18(23)15-19/h6,9-10,15-17,20H,3-5,7-8,11-14H2,1-2H3,(H,24,27). The van der Waals surface area contributed by atoms with Crippen LogP contribution < -0.4 is 5.32 Å². The molecule has 0 bridgehead atoms. The molecule has 1 aliphatic carbocycles. The Morgan fingerprint density at radius 1 is 1.06 bits per heavy atom. The van der Waals surface area contributed by atoms with Gasteiger partial charge in [0.1, 0.15) is 11.9 Å². The summed E-state index contributed by atoms with van der Waals surface area (Å²) in [7, 11) is -3.82. The molecule has 1 atom stereocenters. The van der Waals surface area contributed by atoms with E-state index in [1.54, 1.807) is 4.90 Å². The molecule has 1 aromatic rings. The molecule has 172 valence electrons. The van der Waals surface area contributed by atoms with Gasteiger partial charge < -0.3 is 10.2 Å². The van der Waals surface area contributed by atoms with Crippen molar-refractivity contribution in [2.75, 3.05) is 26.2 Å². The molecule has 0 spiro atoms. The Morgan fingerprint density at radius 3 is 2.29 bits per heavy atom. The zero-order valence-electron chi connectivity index (χ0n) is 18.2. The summed E-state index contributed by atoms with van der Waals surface area (Å²) in [4.78, 5) is 27.3. The van der Waals surface area contributed by atoms with E-state index >= 15 is 0 Å². The molecular weight excluding hydrogens is 421 g/mol. The Bertz CT molecular complexity index is 892. The second kappa shape index (κ2) is 10.1. The monoisotopic (exact) mass is 453 g/mol. The predicted octanol–water partition coefficient (Wildman–Crippen LogP) is 2.38. The smallest absolute Gasteiger partial charge is 0.245 e. The highest BCUT2D eigenvalue weighted by Gasteiger charge is 2.35. The lowest BCUT2D eigenvalue weighted by atomic mass is 9.88. The van der Waals surface area contributed by atoms with Crippen LogP contribution in [-0.2, 0) is 19.6 Å². The van der Waals surface area contributed by atoms with Crippen LogP contribution in [0.15, 0.2) is 29.2 Å². The van der Waals surface area contributed by atoms with Gasteiger partial charge in [-0.25, -0.2) is 12.8 Å². The van der Waals surface area contributed by atoms with Crippen molar-refractivity contribution in [1.29, 1.82) is 0 Å². The largest absolute Gasteiger partial charge is 0.344 e. The van der Waals surface area contributed by atoms with Crippen molar-refractivity contribution < 1.29 is 22.4 Å². The molecule has 1 N–H and O–H groups in total. The summed E-state index contributed by atoms with van der Waals surface area (Å²) >= 11 is 0. The Kier molecular flexibility index (Phi) is 7.69. The third kappa shape index (κ3) is 5.63. The van der Waals surface area contributed by atoms with Gasteiger partial charge in [0.05, 0.1) is 4.90 Å². The number of carbonyl (C=O) groups excluding carboxylic acids is 2. The van der Waals surface area contributed by atoms with Crippen molar-refractivity contribution in [3.8, 4) is 0 Å². The van der Waals surface area contributed by atoms with Gasteiger partial charge in [0.2, 0.25) is 21.8 Å². The van der Waals surface area contributed by atoms with E-state index in [9.17, 15) is 22.4 Å². The zero-order valence-corrected chi connectivity index (χ0v) is 19.0. The van der Waals surface area contributed by atoms with Crippen molar-refractivity contribution >= 4 is 21.8 Å². The number of hydrogen-bond donors (Lipinski definition) is 1. The first-order valence-electron chi connectivity index (χ1n) is 11.0. The third-order valence-corrected chi connectivity index (χ3v) is 8.09. The van der Waals surface area contributed by atoms with E-state index in [0.29, 0.717) is 0 Å². The van der Waals surface area contributed by atoms with Crippen molar-refractivity contribution in [1.82, 2.24) is 14.5 Å². The highest BCUT2D eigenvalue weighted by molar-refractivity contribution is 7.89. The maximum absolute atomic E-state index is 13.5. The van der Waals surface area contributed by atoms with Crippen LogP contribution in [0, 0.1) is 17.7 Å². The van der Waals surface area contributed by atoms with Gasteiger partial charge in [-0.05, 0) is 37.0 Å². The summed E-state index contributed by atoms with van der Waals surface area (Å²) in [6, 6.07) is 4.31. The minimum Gasteiger partial charge on any atom is -0.344 e.